The van der Waals surface area contributed by atoms with Crippen LogP contribution in [0.5, 0.6) is 0 Å². The second kappa shape index (κ2) is 9.65. The number of nitrogen functional groups attached to an aromatic ring is 1. The van der Waals surface area contributed by atoms with Gasteiger partial charge in [-0.2, -0.15) is 9.97 Å². The highest BCUT2D eigenvalue weighted by atomic mass is 35.5. The summed E-state index contributed by atoms with van der Waals surface area (Å²) < 4.78 is 15.8. The van der Waals surface area contributed by atoms with Gasteiger partial charge in [0.15, 0.2) is 28.2 Å². The highest BCUT2D eigenvalue weighted by Crippen LogP contribution is 2.44. The molecule has 0 aromatic carbocycles. The normalized spacial score (nSPS) is 23.1. The fourth-order valence-electron chi connectivity index (χ4n) is 4.34. The molecule has 34 heavy (non-hydrogen) atoms. The van der Waals surface area contributed by atoms with Crippen molar-refractivity contribution in [3.05, 3.63) is 23.6 Å². The van der Waals surface area contributed by atoms with E-state index in [0.717, 1.165) is 6.42 Å². The van der Waals surface area contributed by atoms with Crippen LogP contribution < -0.4 is 5.73 Å². The fourth-order valence-corrected chi connectivity index (χ4v) is 7.10. The lowest BCUT2D eigenvalue weighted by molar-refractivity contribution is -0.0129. The van der Waals surface area contributed by atoms with Crippen LogP contribution in [-0.4, -0.2) is 49.1 Å². The number of aromatic nitrogens is 4. The van der Waals surface area contributed by atoms with Gasteiger partial charge in [0, 0.05) is 5.92 Å². The second-order valence-electron chi connectivity index (χ2n) is 12.4. The van der Waals surface area contributed by atoms with Gasteiger partial charge in [-0.25, -0.2) is 4.98 Å². The molecule has 2 aromatic heterocycles. The molecule has 2 heterocycles. The maximum Gasteiger partial charge on any atom is 0.223 e. The summed E-state index contributed by atoms with van der Waals surface area (Å²) in [6, 6.07) is 0.0262. The maximum atomic E-state index is 7.11. The predicted molar refractivity (Wildman–Crippen MR) is 146 cm³/mol. The predicted octanol–water partition coefficient (Wildman–Crippen LogP) is 5.98. The van der Waals surface area contributed by atoms with Crippen molar-refractivity contribution < 1.29 is 8.85 Å². The van der Waals surface area contributed by atoms with Gasteiger partial charge in [0.05, 0.1) is 24.6 Å². The van der Waals surface area contributed by atoms with E-state index in [1.807, 2.05) is 4.57 Å². The molecule has 2 N–H and O–H groups in total. The van der Waals surface area contributed by atoms with E-state index in [2.05, 4.69) is 94.8 Å². The summed E-state index contributed by atoms with van der Waals surface area (Å²) >= 11 is 6.29. The molecule has 0 aliphatic heterocycles. The third kappa shape index (κ3) is 5.75. The van der Waals surface area contributed by atoms with E-state index in [1.54, 1.807) is 6.33 Å². The van der Waals surface area contributed by atoms with Crippen LogP contribution in [0.2, 0.25) is 36.4 Å². The van der Waals surface area contributed by atoms with E-state index in [0.29, 0.717) is 11.2 Å². The zero-order chi connectivity index (χ0) is 25.6. The summed E-state index contributed by atoms with van der Waals surface area (Å²) in [5, 5.41) is 0.381. The zero-order valence-electron chi connectivity index (χ0n) is 22.4. The Bertz CT molecular complexity index is 1040. The van der Waals surface area contributed by atoms with Crippen molar-refractivity contribution in [1.29, 1.82) is 0 Å². The first-order valence-electron chi connectivity index (χ1n) is 12.2. The summed E-state index contributed by atoms with van der Waals surface area (Å²) in [4.78, 5) is 13.0. The van der Waals surface area contributed by atoms with Crippen molar-refractivity contribution >= 4 is 46.1 Å². The molecular weight excluding hydrogens is 482 g/mol. The van der Waals surface area contributed by atoms with E-state index < -0.39 is 17.4 Å². The molecule has 2 aromatic rings. The quantitative estimate of drug-likeness (QED) is 0.284. The van der Waals surface area contributed by atoms with Crippen molar-refractivity contribution in [1.82, 2.24) is 19.5 Å². The molecule has 0 bridgehead atoms. The average Bonchev–Trinajstić information content (AvgIpc) is 3.08. The number of halogens is 1. The van der Waals surface area contributed by atoms with Crippen LogP contribution in [-0.2, 0) is 8.85 Å². The summed E-state index contributed by atoms with van der Waals surface area (Å²) in [7, 11) is -3.30. The minimum absolute atomic E-state index is 0.00887. The highest BCUT2D eigenvalue weighted by Gasteiger charge is 2.45. The van der Waals surface area contributed by atoms with E-state index in [1.165, 1.54) is 0 Å². The first-order chi connectivity index (χ1) is 15.5. The molecule has 0 radical (unpaired) electrons. The topological polar surface area (TPSA) is 88.1 Å². The van der Waals surface area contributed by atoms with Crippen molar-refractivity contribution in [2.45, 2.75) is 97.4 Å². The third-order valence-corrected chi connectivity index (χ3v) is 12.7. The van der Waals surface area contributed by atoms with Crippen LogP contribution in [0.25, 0.3) is 11.2 Å². The molecule has 0 amide bonds. The Morgan fingerprint density at radius 2 is 1.79 bits per heavy atom. The van der Waals surface area contributed by atoms with Gasteiger partial charge >= 0.3 is 0 Å². The summed E-state index contributed by atoms with van der Waals surface area (Å²) in [6.07, 6.45) is 7.22. The summed E-state index contributed by atoms with van der Waals surface area (Å²) in [6.45, 7) is 22.8. The van der Waals surface area contributed by atoms with Crippen LogP contribution in [0.4, 0.5) is 5.95 Å². The standard InChI is InChI=1S/C24H42ClN5O2Si2/c1-23(2,3)19(31-33(7)8)16-12-11-15(13-17(16)32-34(9,10)24(4,5)6)30-14-27-18-20(25)28-22(26)29-21(18)30/h11-12,14-17,19,33H,13H2,1-10H3,(H2,26,28,29)/t15-,16-,17+,19?/m1/s1. The third-order valence-electron chi connectivity index (χ3n) is 7.09. The fraction of sp³-hybridized carbons (Fsp3) is 0.708. The molecule has 4 atom stereocenters. The van der Waals surface area contributed by atoms with Crippen molar-refractivity contribution in [3.8, 4) is 0 Å². The van der Waals surface area contributed by atoms with Gasteiger partial charge < -0.3 is 19.2 Å². The molecule has 190 valence electrons. The van der Waals surface area contributed by atoms with Crippen LogP contribution in [0.15, 0.2) is 18.5 Å². The van der Waals surface area contributed by atoms with Crippen molar-refractivity contribution in [2.24, 2.45) is 11.3 Å². The number of anilines is 1. The number of nitrogens with two attached hydrogens (primary N) is 1. The van der Waals surface area contributed by atoms with Gasteiger partial charge in [0.25, 0.3) is 0 Å². The molecular formula is C24H42ClN5O2Si2. The zero-order valence-corrected chi connectivity index (χ0v) is 25.3. The molecule has 0 saturated heterocycles. The first kappa shape index (κ1) is 27.3. The minimum atomic E-state index is -2.03. The Morgan fingerprint density at radius 1 is 1.15 bits per heavy atom. The number of rotatable bonds is 6. The number of imidazole rings is 1. The Kier molecular flexibility index (Phi) is 7.75. The van der Waals surface area contributed by atoms with Gasteiger partial charge in [-0.05, 0) is 43.1 Å². The molecule has 7 nitrogen and oxygen atoms in total. The van der Waals surface area contributed by atoms with Crippen LogP contribution in [0.1, 0.15) is 54.0 Å². The lowest BCUT2D eigenvalue weighted by Gasteiger charge is -2.47. The number of allylic oxidation sites excluding steroid dienone is 1. The van der Waals surface area contributed by atoms with Crippen molar-refractivity contribution in [3.63, 3.8) is 0 Å². The van der Waals surface area contributed by atoms with E-state index in [4.69, 9.17) is 26.2 Å². The van der Waals surface area contributed by atoms with Crippen molar-refractivity contribution in [2.75, 3.05) is 5.73 Å². The van der Waals surface area contributed by atoms with Crippen LogP contribution >= 0.6 is 11.6 Å². The van der Waals surface area contributed by atoms with Gasteiger partial charge in [-0.3, -0.25) is 0 Å². The monoisotopic (exact) mass is 523 g/mol. The Balaban J connectivity index is 2.06. The van der Waals surface area contributed by atoms with Crippen LogP contribution in [0, 0.1) is 11.3 Å². The molecule has 1 aliphatic rings. The first-order valence-corrected chi connectivity index (χ1v) is 18.2. The SMILES string of the molecule is C[SiH](C)OC([C@@H]1C=C[C@@H](n2cnc3c(Cl)nc(N)nc32)C[C@@H]1O[Si](C)(C)C(C)(C)C)C(C)(C)C. The number of hydrogen-bond donors (Lipinski definition) is 1. The maximum absolute atomic E-state index is 7.11. The minimum Gasteiger partial charge on any atom is -0.416 e. The second-order valence-corrected chi connectivity index (χ2v) is 19.8. The van der Waals surface area contributed by atoms with Gasteiger partial charge in [0.2, 0.25) is 5.95 Å². The molecule has 0 saturated carbocycles. The number of nitrogens with zero attached hydrogens (tertiary/aromatic N) is 4. The van der Waals surface area contributed by atoms with Crippen LogP contribution in [0.3, 0.4) is 0 Å². The van der Waals surface area contributed by atoms with Gasteiger partial charge in [-0.15, -0.1) is 0 Å². The molecule has 10 heteroatoms. The number of fused-ring (bicyclic) bond motifs is 1. The molecule has 1 aliphatic carbocycles. The molecule has 1 unspecified atom stereocenters. The lowest BCUT2D eigenvalue weighted by atomic mass is 9.75. The summed E-state index contributed by atoms with van der Waals surface area (Å²) in [5.74, 6) is 0.312. The molecule has 0 fully saturated rings. The molecule has 3 rings (SSSR count). The van der Waals surface area contributed by atoms with Gasteiger partial charge in [-0.1, -0.05) is 65.3 Å². The Morgan fingerprint density at radius 3 is 2.35 bits per heavy atom. The Hall–Kier alpha value is -1.27. The van der Waals surface area contributed by atoms with Gasteiger partial charge in [0.1, 0.15) is 5.52 Å². The smallest absolute Gasteiger partial charge is 0.223 e. The lowest BCUT2D eigenvalue weighted by Crippen LogP contribution is -2.51. The highest BCUT2D eigenvalue weighted by molar-refractivity contribution is 6.74. The molecule has 0 spiro atoms. The Labute approximate surface area is 212 Å². The van der Waals surface area contributed by atoms with E-state index in [-0.39, 0.29) is 45.7 Å². The van der Waals surface area contributed by atoms with E-state index in [9.17, 15) is 0 Å². The average molecular weight is 524 g/mol. The van der Waals surface area contributed by atoms with E-state index >= 15 is 0 Å². The largest absolute Gasteiger partial charge is 0.416 e. The summed E-state index contributed by atoms with van der Waals surface area (Å²) in [5.41, 5.74) is 7.10. The number of hydrogen-bond acceptors (Lipinski definition) is 6.